The number of halogens is 3. The van der Waals surface area contributed by atoms with E-state index in [0.29, 0.717) is 18.0 Å². The molecule has 2 heterocycles. The van der Waals surface area contributed by atoms with Crippen LogP contribution in [0.15, 0.2) is 24.4 Å². The summed E-state index contributed by atoms with van der Waals surface area (Å²) in [6.07, 6.45) is 5.46. The van der Waals surface area contributed by atoms with E-state index in [4.69, 9.17) is 44.3 Å². The Bertz CT molecular complexity index is 885. The molecule has 142 valence electrons. The van der Waals surface area contributed by atoms with Gasteiger partial charge >= 0.3 is 0 Å². The second-order valence-corrected chi connectivity index (χ2v) is 7.80. The van der Waals surface area contributed by atoms with Crippen molar-refractivity contribution in [3.63, 3.8) is 0 Å². The fourth-order valence-electron chi connectivity index (χ4n) is 3.55. The smallest absolute Gasteiger partial charge is 0.274 e. The van der Waals surface area contributed by atoms with Crippen LogP contribution in [0.3, 0.4) is 0 Å². The molecule has 0 saturated heterocycles. The third kappa shape index (κ3) is 3.68. The molecule has 5 nitrogen and oxygen atoms in total. The van der Waals surface area contributed by atoms with Crippen molar-refractivity contribution in [3.05, 3.63) is 50.7 Å². The van der Waals surface area contributed by atoms with Crippen LogP contribution in [0.4, 0.5) is 0 Å². The van der Waals surface area contributed by atoms with Gasteiger partial charge in [0, 0.05) is 18.8 Å². The van der Waals surface area contributed by atoms with E-state index in [0.717, 1.165) is 31.2 Å². The highest BCUT2D eigenvalue weighted by molar-refractivity contribution is 6.48. The van der Waals surface area contributed by atoms with Crippen molar-refractivity contribution in [1.82, 2.24) is 9.88 Å². The van der Waals surface area contributed by atoms with Crippen molar-refractivity contribution >= 4 is 40.7 Å². The van der Waals surface area contributed by atoms with Gasteiger partial charge in [0.05, 0.1) is 15.1 Å². The highest BCUT2D eigenvalue weighted by atomic mass is 35.5. The van der Waals surface area contributed by atoms with E-state index < -0.39 is 0 Å². The number of aromatic nitrogens is 1. The number of carbonyl (C=O) groups is 1. The minimum absolute atomic E-state index is 0.0860. The Morgan fingerprint density at radius 1 is 1.11 bits per heavy atom. The van der Waals surface area contributed by atoms with Crippen LogP contribution in [0.25, 0.3) is 0 Å². The molecule has 2 aliphatic rings. The summed E-state index contributed by atoms with van der Waals surface area (Å²) >= 11 is 18.3. The number of hydrogen-bond donors (Lipinski definition) is 0. The van der Waals surface area contributed by atoms with Crippen LogP contribution in [0.2, 0.25) is 15.1 Å². The molecule has 0 spiro atoms. The number of amides is 1. The molecule has 1 aromatic carbocycles. The Labute approximate surface area is 172 Å². The Kier molecular flexibility index (Phi) is 5.35. The van der Waals surface area contributed by atoms with Crippen molar-refractivity contribution in [2.45, 2.75) is 38.3 Å². The number of benzene rings is 1. The zero-order valence-corrected chi connectivity index (χ0v) is 16.7. The van der Waals surface area contributed by atoms with Crippen LogP contribution in [-0.2, 0) is 6.54 Å². The quantitative estimate of drug-likeness (QED) is 0.659. The third-order valence-electron chi connectivity index (χ3n) is 4.94. The second kappa shape index (κ2) is 7.74. The van der Waals surface area contributed by atoms with Gasteiger partial charge < -0.3 is 14.4 Å². The highest BCUT2D eigenvalue weighted by Gasteiger charge is 2.30. The monoisotopic (exact) mass is 426 g/mol. The molecule has 1 saturated carbocycles. The molecule has 0 atom stereocenters. The first-order chi connectivity index (χ1) is 13.0. The maximum atomic E-state index is 13.3. The van der Waals surface area contributed by atoms with Crippen LogP contribution < -0.4 is 9.47 Å². The lowest BCUT2D eigenvalue weighted by molar-refractivity contribution is 0.0658. The molecule has 1 aromatic heterocycles. The van der Waals surface area contributed by atoms with Crippen molar-refractivity contribution in [1.29, 1.82) is 0 Å². The fourth-order valence-corrected chi connectivity index (χ4v) is 4.11. The van der Waals surface area contributed by atoms with Crippen molar-refractivity contribution in [2.75, 3.05) is 6.79 Å². The normalized spacial score (nSPS) is 16.0. The molecule has 8 heteroatoms. The van der Waals surface area contributed by atoms with Crippen LogP contribution in [0, 0.1) is 0 Å². The first-order valence-corrected chi connectivity index (χ1v) is 9.87. The lowest BCUT2D eigenvalue weighted by atomic mass is 10.1. The Balaban J connectivity index is 1.65. The summed E-state index contributed by atoms with van der Waals surface area (Å²) in [5, 5.41) is 0.454. The molecular weight excluding hydrogens is 411 g/mol. The molecule has 1 aliphatic carbocycles. The average molecular weight is 428 g/mol. The predicted molar refractivity (Wildman–Crippen MR) is 104 cm³/mol. The molecule has 1 amide bonds. The van der Waals surface area contributed by atoms with Gasteiger partial charge in [0.25, 0.3) is 5.91 Å². The van der Waals surface area contributed by atoms with Gasteiger partial charge in [-0.05, 0) is 30.5 Å². The lowest BCUT2D eigenvalue weighted by Gasteiger charge is -2.29. The summed E-state index contributed by atoms with van der Waals surface area (Å²) in [6.45, 7) is 0.644. The van der Waals surface area contributed by atoms with Gasteiger partial charge in [-0.25, -0.2) is 4.98 Å². The number of rotatable bonds is 4. The molecule has 4 rings (SSSR count). The fraction of sp³-hybridized carbons (Fsp3) is 0.368. The number of fused-ring (bicyclic) bond motifs is 1. The third-order valence-corrected chi connectivity index (χ3v) is 6.18. The predicted octanol–water partition coefficient (Wildman–Crippen LogP) is 5.36. The summed E-state index contributed by atoms with van der Waals surface area (Å²) in [5.41, 5.74) is 1.08. The summed E-state index contributed by atoms with van der Waals surface area (Å²) in [6, 6.07) is 5.84. The van der Waals surface area contributed by atoms with Crippen LogP contribution >= 0.6 is 34.8 Å². The summed E-state index contributed by atoms with van der Waals surface area (Å²) in [5.74, 6) is 1.16. The van der Waals surface area contributed by atoms with E-state index in [2.05, 4.69) is 4.98 Å². The average Bonchev–Trinajstić information content (AvgIpc) is 3.35. The molecule has 27 heavy (non-hydrogen) atoms. The standard InChI is InChI=1S/C19H17Cl3N2O3/c20-13-8-23-18(17(22)16(13)21)19(25)24(12-3-1-2-4-12)9-11-5-6-14-15(7-11)27-10-26-14/h5-8,12H,1-4,9-10H2. The molecule has 1 aliphatic heterocycles. The van der Waals surface area contributed by atoms with Crippen LogP contribution in [-0.4, -0.2) is 28.6 Å². The Morgan fingerprint density at radius 3 is 2.63 bits per heavy atom. The van der Waals surface area contributed by atoms with Gasteiger partial charge in [0.1, 0.15) is 5.69 Å². The maximum absolute atomic E-state index is 13.3. The maximum Gasteiger partial charge on any atom is 0.274 e. The Hall–Kier alpha value is -1.69. The van der Waals surface area contributed by atoms with Crippen LogP contribution in [0.5, 0.6) is 11.5 Å². The largest absolute Gasteiger partial charge is 0.454 e. The van der Waals surface area contributed by atoms with E-state index in [1.165, 1.54) is 6.20 Å². The topological polar surface area (TPSA) is 51.7 Å². The number of nitrogens with zero attached hydrogens (tertiary/aromatic N) is 2. The van der Waals surface area contributed by atoms with Gasteiger partial charge in [-0.15, -0.1) is 0 Å². The number of pyridine rings is 1. The number of ether oxygens (including phenoxy) is 2. The summed E-state index contributed by atoms with van der Waals surface area (Å²) < 4.78 is 10.8. The van der Waals surface area contributed by atoms with E-state index in [9.17, 15) is 4.79 Å². The number of carbonyl (C=O) groups excluding carboxylic acids is 1. The van der Waals surface area contributed by atoms with Gasteiger partial charge in [-0.1, -0.05) is 53.7 Å². The summed E-state index contributed by atoms with van der Waals surface area (Å²) in [7, 11) is 0. The SMILES string of the molecule is O=C(c1ncc(Cl)c(Cl)c1Cl)N(Cc1ccc2c(c1)OCO2)C1CCCC1. The van der Waals surface area contributed by atoms with E-state index >= 15 is 0 Å². The number of hydrogen-bond acceptors (Lipinski definition) is 4. The second-order valence-electron chi connectivity index (χ2n) is 6.64. The zero-order valence-electron chi connectivity index (χ0n) is 14.4. The van der Waals surface area contributed by atoms with Gasteiger partial charge in [0.15, 0.2) is 11.5 Å². The molecule has 0 unspecified atom stereocenters. The highest BCUT2D eigenvalue weighted by Crippen LogP contribution is 2.36. The molecule has 1 fully saturated rings. The summed E-state index contributed by atoms with van der Waals surface area (Å²) in [4.78, 5) is 19.2. The zero-order chi connectivity index (χ0) is 19.0. The van der Waals surface area contributed by atoms with Crippen molar-refractivity contribution in [2.24, 2.45) is 0 Å². The van der Waals surface area contributed by atoms with Crippen LogP contribution in [0.1, 0.15) is 41.7 Å². The van der Waals surface area contributed by atoms with Crippen molar-refractivity contribution < 1.29 is 14.3 Å². The first-order valence-electron chi connectivity index (χ1n) is 8.73. The van der Waals surface area contributed by atoms with E-state index in [1.807, 2.05) is 23.1 Å². The van der Waals surface area contributed by atoms with Gasteiger partial charge in [0.2, 0.25) is 6.79 Å². The van der Waals surface area contributed by atoms with Gasteiger partial charge in [-0.2, -0.15) is 0 Å². The van der Waals surface area contributed by atoms with Gasteiger partial charge in [-0.3, -0.25) is 4.79 Å². The minimum Gasteiger partial charge on any atom is -0.454 e. The molecule has 0 N–H and O–H groups in total. The first kappa shape index (κ1) is 18.7. The lowest BCUT2D eigenvalue weighted by Crippen LogP contribution is -2.39. The molecule has 0 bridgehead atoms. The Morgan fingerprint density at radius 2 is 1.85 bits per heavy atom. The molecular formula is C19H17Cl3N2O3. The molecule has 0 radical (unpaired) electrons. The minimum atomic E-state index is -0.247. The van der Waals surface area contributed by atoms with E-state index in [-0.39, 0.29) is 39.5 Å². The van der Waals surface area contributed by atoms with Crippen molar-refractivity contribution in [3.8, 4) is 11.5 Å². The molecule has 2 aromatic rings. The van der Waals surface area contributed by atoms with E-state index in [1.54, 1.807) is 0 Å².